The highest BCUT2D eigenvalue weighted by atomic mass is 32.2. The van der Waals surface area contributed by atoms with Crippen LogP contribution in [0.4, 0.5) is 0 Å². The number of sulfonamides is 1. The Hall–Kier alpha value is -4.65. The number of aliphatic hydroxyl groups excluding tert-OH is 1. The fourth-order valence-corrected chi connectivity index (χ4v) is 5.52. The Kier molecular flexibility index (Phi) is 10.8. The summed E-state index contributed by atoms with van der Waals surface area (Å²) in [6.45, 7) is -0.304. The molecule has 1 heterocycles. The second-order valence-corrected chi connectivity index (χ2v) is 12.5. The van der Waals surface area contributed by atoms with Gasteiger partial charge in [0, 0.05) is 18.5 Å². The molecule has 44 heavy (non-hydrogen) atoms. The van der Waals surface area contributed by atoms with E-state index in [1.807, 2.05) is 24.3 Å². The van der Waals surface area contributed by atoms with Gasteiger partial charge >= 0.3 is 0 Å². The van der Waals surface area contributed by atoms with Gasteiger partial charge in [0.25, 0.3) is 5.91 Å². The van der Waals surface area contributed by atoms with Crippen molar-refractivity contribution in [2.75, 3.05) is 12.8 Å². The molecule has 0 bridgehead atoms. The quantitative estimate of drug-likeness (QED) is 0.167. The number of nitrogens with zero attached hydrogens (tertiary/aromatic N) is 2. The highest BCUT2D eigenvalue weighted by molar-refractivity contribution is 7.88. The number of aromatic nitrogens is 1. The zero-order valence-corrected chi connectivity index (χ0v) is 25.0. The molecule has 0 aliphatic rings. The predicted molar refractivity (Wildman–Crippen MR) is 167 cm³/mol. The van der Waals surface area contributed by atoms with Gasteiger partial charge in [-0.2, -0.15) is 4.31 Å². The first-order valence-electron chi connectivity index (χ1n) is 14.0. The van der Waals surface area contributed by atoms with Crippen LogP contribution < -0.4 is 16.4 Å². The van der Waals surface area contributed by atoms with Gasteiger partial charge in [0.05, 0.1) is 30.3 Å². The van der Waals surface area contributed by atoms with Crippen LogP contribution in [0.5, 0.6) is 0 Å². The molecule has 0 fully saturated rings. The zero-order chi connectivity index (χ0) is 31.7. The molecule has 0 spiro atoms. The number of hydrogen-bond acceptors (Lipinski definition) is 7. The minimum atomic E-state index is -3.75. The highest BCUT2D eigenvalue weighted by Gasteiger charge is 2.31. The molecule has 1 aromatic heterocycles. The molecule has 3 amide bonds. The van der Waals surface area contributed by atoms with E-state index in [4.69, 9.17) is 5.73 Å². The summed E-state index contributed by atoms with van der Waals surface area (Å²) in [5.41, 5.74) is 7.52. The third kappa shape index (κ3) is 9.17. The number of rotatable bonds is 14. The fourth-order valence-electron chi connectivity index (χ4n) is 4.71. The number of aliphatic hydroxyl groups is 1. The Morgan fingerprint density at radius 2 is 1.48 bits per heavy atom. The largest absolute Gasteiger partial charge is 0.390 e. The third-order valence-corrected chi connectivity index (χ3v) is 8.23. The number of primary amides is 1. The molecule has 4 rings (SSSR count). The van der Waals surface area contributed by atoms with Gasteiger partial charge in [-0.05, 0) is 29.7 Å². The van der Waals surface area contributed by atoms with Crippen LogP contribution in [0, 0.1) is 0 Å². The van der Waals surface area contributed by atoms with Gasteiger partial charge in [-0.3, -0.25) is 14.4 Å². The molecule has 12 heteroatoms. The highest BCUT2D eigenvalue weighted by Crippen LogP contribution is 2.15. The molecule has 0 aliphatic carbocycles. The van der Waals surface area contributed by atoms with E-state index in [0.717, 1.165) is 27.1 Å². The Morgan fingerprint density at radius 3 is 2.11 bits per heavy atom. The molecular weight excluding hydrogens is 582 g/mol. The summed E-state index contributed by atoms with van der Waals surface area (Å²) in [7, 11) is -3.75. The van der Waals surface area contributed by atoms with Crippen LogP contribution in [0.2, 0.25) is 0 Å². The lowest BCUT2D eigenvalue weighted by Crippen LogP contribution is -2.56. The number of para-hydroxylation sites is 1. The number of nitrogens with two attached hydrogens (primary N) is 1. The molecule has 0 aliphatic heterocycles. The van der Waals surface area contributed by atoms with Crippen molar-refractivity contribution >= 4 is 38.6 Å². The Balaban J connectivity index is 1.55. The zero-order valence-electron chi connectivity index (χ0n) is 24.2. The second kappa shape index (κ2) is 14.7. The number of carbonyl (C=O) groups is 3. The Labute approximate surface area is 256 Å². The van der Waals surface area contributed by atoms with Gasteiger partial charge in [0.1, 0.15) is 11.7 Å². The van der Waals surface area contributed by atoms with E-state index >= 15 is 0 Å². The number of amides is 3. The van der Waals surface area contributed by atoms with E-state index in [1.165, 1.54) is 6.07 Å². The van der Waals surface area contributed by atoms with Gasteiger partial charge in [-0.1, -0.05) is 84.9 Å². The van der Waals surface area contributed by atoms with E-state index in [1.54, 1.807) is 66.7 Å². The number of nitrogens with one attached hydrogen (secondary N) is 2. The lowest BCUT2D eigenvalue weighted by atomic mass is 10.00. The first kappa shape index (κ1) is 32.3. The number of benzene rings is 3. The van der Waals surface area contributed by atoms with Gasteiger partial charge in [0.15, 0.2) is 0 Å². The van der Waals surface area contributed by atoms with Crippen LogP contribution in [0.1, 0.15) is 28.0 Å². The third-order valence-electron chi connectivity index (χ3n) is 7.01. The Morgan fingerprint density at radius 1 is 0.864 bits per heavy atom. The number of pyridine rings is 1. The molecule has 0 saturated heterocycles. The smallest absolute Gasteiger partial charge is 0.270 e. The minimum absolute atomic E-state index is 0.0157. The lowest BCUT2D eigenvalue weighted by molar-refractivity contribution is -0.128. The topological polar surface area (TPSA) is 172 Å². The molecule has 3 aromatic carbocycles. The summed E-state index contributed by atoms with van der Waals surface area (Å²) in [5, 5.41) is 17.4. The van der Waals surface area contributed by atoms with Crippen LogP contribution >= 0.6 is 0 Å². The molecule has 0 radical (unpaired) electrons. The second-order valence-electron chi connectivity index (χ2n) is 10.5. The standard InChI is InChI=1S/C32H35N5O6S/c1-44(42,43)37(20-23-12-6-3-7-13-23)21-29(38)27(18-22-10-4-2-5-11-22)35-32(41)28(19-30(33)39)36-31(40)26-17-16-24-14-8-9-15-25(24)34-26/h2-17,27-29,38H,18-21H2,1H3,(H2,33,39)(H,35,41)(H,36,40)/t27-,28-,29+/m0/s1. The SMILES string of the molecule is CS(=O)(=O)N(Cc1ccccc1)C[C@@H](O)[C@H](Cc1ccccc1)NC(=O)[C@H](CC(N)=O)NC(=O)c1ccc2ccccc2n1. The van der Waals surface area contributed by atoms with Crippen LogP contribution in [0.25, 0.3) is 10.9 Å². The molecule has 5 N–H and O–H groups in total. The van der Waals surface area contributed by atoms with E-state index in [-0.39, 0.29) is 25.2 Å². The van der Waals surface area contributed by atoms with Crippen molar-refractivity contribution in [2.24, 2.45) is 5.73 Å². The lowest BCUT2D eigenvalue weighted by Gasteiger charge is -2.30. The molecule has 230 valence electrons. The Bertz CT molecular complexity index is 1700. The number of carbonyl (C=O) groups excluding carboxylic acids is 3. The maximum absolute atomic E-state index is 13.5. The van der Waals surface area contributed by atoms with Gasteiger partial charge in [0.2, 0.25) is 21.8 Å². The van der Waals surface area contributed by atoms with Gasteiger partial charge < -0.3 is 21.5 Å². The summed E-state index contributed by atoms with van der Waals surface area (Å²) in [6, 6.07) is 26.0. The molecule has 0 unspecified atom stereocenters. The van der Waals surface area contributed by atoms with Crippen LogP contribution in [0.15, 0.2) is 97.1 Å². The van der Waals surface area contributed by atoms with E-state index < -0.39 is 52.4 Å². The first-order valence-corrected chi connectivity index (χ1v) is 15.8. The van der Waals surface area contributed by atoms with E-state index in [2.05, 4.69) is 15.6 Å². The normalized spacial score (nSPS) is 13.6. The van der Waals surface area contributed by atoms with Crippen LogP contribution in [0.3, 0.4) is 0 Å². The van der Waals surface area contributed by atoms with Crippen molar-refractivity contribution in [1.82, 2.24) is 19.9 Å². The molecule has 4 aromatic rings. The average molecular weight is 618 g/mol. The average Bonchev–Trinajstić information content (AvgIpc) is 3.00. The monoisotopic (exact) mass is 617 g/mol. The van der Waals surface area contributed by atoms with Crippen molar-refractivity contribution < 1.29 is 27.9 Å². The van der Waals surface area contributed by atoms with Crippen molar-refractivity contribution in [3.8, 4) is 0 Å². The van der Waals surface area contributed by atoms with Crippen molar-refractivity contribution in [3.05, 3.63) is 114 Å². The summed E-state index contributed by atoms with van der Waals surface area (Å²) >= 11 is 0. The molecule has 0 saturated carbocycles. The summed E-state index contributed by atoms with van der Waals surface area (Å²) in [5.74, 6) is -2.29. The number of hydrogen-bond donors (Lipinski definition) is 4. The van der Waals surface area contributed by atoms with Crippen molar-refractivity contribution in [3.63, 3.8) is 0 Å². The van der Waals surface area contributed by atoms with Crippen molar-refractivity contribution in [2.45, 2.75) is 37.6 Å². The van der Waals surface area contributed by atoms with E-state index in [0.29, 0.717) is 5.52 Å². The first-order chi connectivity index (χ1) is 21.0. The van der Waals surface area contributed by atoms with Crippen LogP contribution in [-0.2, 0) is 32.6 Å². The van der Waals surface area contributed by atoms with Gasteiger partial charge in [-0.15, -0.1) is 0 Å². The molecular formula is C32H35N5O6S. The number of fused-ring (bicyclic) bond motifs is 1. The predicted octanol–water partition coefficient (Wildman–Crippen LogP) is 1.76. The van der Waals surface area contributed by atoms with E-state index in [9.17, 15) is 27.9 Å². The molecule has 11 nitrogen and oxygen atoms in total. The molecule has 3 atom stereocenters. The fraction of sp³-hybridized carbons (Fsp3) is 0.250. The van der Waals surface area contributed by atoms with Crippen LogP contribution in [-0.4, -0.2) is 71.5 Å². The maximum Gasteiger partial charge on any atom is 0.270 e. The summed E-state index contributed by atoms with van der Waals surface area (Å²) in [4.78, 5) is 42.9. The summed E-state index contributed by atoms with van der Waals surface area (Å²) < 4.78 is 26.5. The van der Waals surface area contributed by atoms with Gasteiger partial charge in [-0.25, -0.2) is 13.4 Å². The maximum atomic E-state index is 13.5. The minimum Gasteiger partial charge on any atom is -0.390 e. The summed E-state index contributed by atoms with van der Waals surface area (Å²) in [6.07, 6.45) is -0.681. The van der Waals surface area contributed by atoms with Crippen molar-refractivity contribution in [1.29, 1.82) is 0 Å².